The van der Waals surface area contributed by atoms with Crippen molar-refractivity contribution in [1.82, 2.24) is 20.1 Å². The quantitative estimate of drug-likeness (QED) is 0.860. The summed E-state index contributed by atoms with van der Waals surface area (Å²) in [7, 11) is 0. The molecule has 126 valence electrons. The van der Waals surface area contributed by atoms with Gasteiger partial charge in [0.05, 0.1) is 12.2 Å². The first-order valence-electron chi connectivity index (χ1n) is 9.14. The molecule has 1 N–H and O–H groups in total. The van der Waals surface area contributed by atoms with Crippen LogP contribution in [0.2, 0.25) is 0 Å². The van der Waals surface area contributed by atoms with Crippen LogP contribution in [-0.2, 0) is 25.8 Å². The molecule has 2 aromatic rings. The second kappa shape index (κ2) is 6.38. The van der Waals surface area contributed by atoms with E-state index in [1.807, 2.05) is 10.9 Å². The molecule has 5 heteroatoms. The zero-order valence-corrected chi connectivity index (χ0v) is 14.3. The molecular weight excluding hydrogens is 300 g/mol. The van der Waals surface area contributed by atoms with Crippen LogP contribution in [0.1, 0.15) is 59.9 Å². The number of nitrogens with zero attached hydrogens (tertiary/aromatic N) is 3. The van der Waals surface area contributed by atoms with Crippen molar-refractivity contribution in [2.75, 3.05) is 6.54 Å². The van der Waals surface area contributed by atoms with Gasteiger partial charge in [-0.15, -0.1) is 0 Å². The number of aromatic nitrogens is 3. The highest BCUT2D eigenvalue weighted by atomic mass is 16.2. The van der Waals surface area contributed by atoms with Gasteiger partial charge >= 0.3 is 0 Å². The number of unbranched alkanes of at least 4 members (excludes halogenated alkanes) is 3. The number of carbonyl (C=O) groups is 1. The van der Waals surface area contributed by atoms with Gasteiger partial charge in [0.1, 0.15) is 5.69 Å². The fraction of sp³-hybridized carbons (Fsp3) is 0.526. The largest absolute Gasteiger partial charge is 0.349 e. The molecule has 5 nitrogen and oxygen atoms in total. The van der Waals surface area contributed by atoms with Gasteiger partial charge in [-0.2, -0.15) is 5.10 Å². The van der Waals surface area contributed by atoms with E-state index >= 15 is 0 Å². The van der Waals surface area contributed by atoms with Crippen LogP contribution < -0.4 is 5.32 Å². The maximum Gasteiger partial charge on any atom is 0.269 e. The lowest BCUT2D eigenvalue weighted by Gasteiger charge is -2.18. The smallest absolute Gasteiger partial charge is 0.269 e. The molecule has 3 heterocycles. The Kier molecular flexibility index (Phi) is 4.08. The van der Waals surface area contributed by atoms with E-state index in [0.29, 0.717) is 6.54 Å². The molecule has 2 aromatic heterocycles. The second-order valence-electron chi connectivity index (χ2n) is 6.80. The number of amides is 1. The molecule has 4 rings (SSSR count). The monoisotopic (exact) mass is 324 g/mol. The van der Waals surface area contributed by atoms with Crippen LogP contribution in [0, 0.1) is 0 Å². The van der Waals surface area contributed by atoms with Crippen LogP contribution >= 0.6 is 0 Å². The van der Waals surface area contributed by atoms with Crippen LogP contribution in [0.5, 0.6) is 0 Å². The molecule has 2 aliphatic rings. The summed E-state index contributed by atoms with van der Waals surface area (Å²) in [5.41, 5.74) is 6.47. The van der Waals surface area contributed by atoms with Crippen molar-refractivity contribution in [3.05, 3.63) is 34.8 Å². The maximum atomic E-state index is 12.2. The highest BCUT2D eigenvalue weighted by Gasteiger charge is 2.30. The first-order chi connectivity index (χ1) is 11.8. The minimum absolute atomic E-state index is 0.0206. The number of nitrogens with one attached hydrogen (secondary N) is 1. The molecule has 0 saturated heterocycles. The number of hydrogen-bond donors (Lipinski definition) is 1. The SMILES string of the molecule is CCCCCCc1cc2c(cn1)CCc1c-2nn2c1C(=O)NCC2. The van der Waals surface area contributed by atoms with Gasteiger partial charge in [0.15, 0.2) is 0 Å². The van der Waals surface area contributed by atoms with E-state index in [9.17, 15) is 4.79 Å². The number of carbonyl (C=O) groups excluding carboxylic acids is 1. The molecule has 1 amide bonds. The van der Waals surface area contributed by atoms with Gasteiger partial charge in [-0.25, -0.2) is 0 Å². The summed E-state index contributed by atoms with van der Waals surface area (Å²) in [4.78, 5) is 16.9. The standard InChI is InChI=1S/C19H24N4O/c1-2-3-4-5-6-14-11-16-13(12-21-14)7-8-15-17(16)22-23-10-9-20-19(24)18(15)23/h11-12H,2-10H2,1H3,(H,20,24). The van der Waals surface area contributed by atoms with E-state index in [2.05, 4.69) is 23.3 Å². The Morgan fingerprint density at radius 1 is 1.25 bits per heavy atom. The average Bonchev–Trinajstić information content (AvgIpc) is 2.99. The maximum absolute atomic E-state index is 12.2. The van der Waals surface area contributed by atoms with E-state index in [0.717, 1.165) is 48.5 Å². The number of pyridine rings is 1. The van der Waals surface area contributed by atoms with Crippen molar-refractivity contribution >= 4 is 5.91 Å². The first-order valence-corrected chi connectivity index (χ1v) is 9.14. The summed E-state index contributed by atoms with van der Waals surface area (Å²) >= 11 is 0. The molecule has 0 bridgehead atoms. The number of hydrogen-bond acceptors (Lipinski definition) is 3. The van der Waals surface area contributed by atoms with Crippen LogP contribution in [0.15, 0.2) is 12.3 Å². The van der Waals surface area contributed by atoms with Gasteiger partial charge in [-0.05, 0) is 37.3 Å². The van der Waals surface area contributed by atoms with Crippen LogP contribution in [-0.4, -0.2) is 27.2 Å². The number of rotatable bonds is 5. The molecule has 0 radical (unpaired) electrons. The molecule has 1 aliphatic carbocycles. The van der Waals surface area contributed by atoms with Crippen molar-refractivity contribution in [3.8, 4) is 11.3 Å². The normalized spacial score (nSPS) is 15.5. The van der Waals surface area contributed by atoms with Crippen molar-refractivity contribution in [3.63, 3.8) is 0 Å². The van der Waals surface area contributed by atoms with Gasteiger partial charge < -0.3 is 5.32 Å². The fourth-order valence-corrected chi connectivity index (χ4v) is 3.80. The molecule has 0 unspecified atom stereocenters. The van der Waals surface area contributed by atoms with Gasteiger partial charge in [-0.3, -0.25) is 14.5 Å². The fourth-order valence-electron chi connectivity index (χ4n) is 3.80. The van der Waals surface area contributed by atoms with Gasteiger partial charge in [0.25, 0.3) is 5.91 Å². The summed E-state index contributed by atoms with van der Waals surface area (Å²) in [6.45, 7) is 3.66. The van der Waals surface area contributed by atoms with Crippen molar-refractivity contribution in [1.29, 1.82) is 0 Å². The summed E-state index contributed by atoms with van der Waals surface area (Å²) < 4.78 is 1.89. The van der Waals surface area contributed by atoms with E-state index in [4.69, 9.17) is 5.10 Å². The van der Waals surface area contributed by atoms with Crippen molar-refractivity contribution in [2.24, 2.45) is 0 Å². The molecule has 0 aromatic carbocycles. The summed E-state index contributed by atoms with van der Waals surface area (Å²) in [6.07, 6.45) is 9.86. The van der Waals surface area contributed by atoms with E-state index < -0.39 is 0 Å². The summed E-state index contributed by atoms with van der Waals surface area (Å²) in [5, 5.41) is 7.70. The molecule has 0 spiro atoms. The first kappa shape index (κ1) is 15.4. The lowest BCUT2D eigenvalue weighted by molar-refractivity contribution is 0.0923. The van der Waals surface area contributed by atoms with E-state index in [1.165, 1.54) is 36.8 Å². The minimum Gasteiger partial charge on any atom is -0.349 e. The minimum atomic E-state index is 0.0206. The van der Waals surface area contributed by atoms with Gasteiger partial charge in [-0.1, -0.05) is 26.2 Å². The lowest BCUT2D eigenvalue weighted by Crippen LogP contribution is -2.36. The van der Waals surface area contributed by atoms with Crippen molar-refractivity contribution in [2.45, 2.75) is 58.4 Å². The molecule has 0 saturated carbocycles. The van der Waals surface area contributed by atoms with Crippen molar-refractivity contribution < 1.29 is 4.79 Å². The zero-order chi connectivity index (χ0) is 16.5. The second-order valence-corrected chi connectivity index (χ2v) is 6.80. The Morgan fingerprint density at radius 2 is 2.17 bits per heavy atom. The third kappa shape index (κ3) is 2.62. The Morgan fingerprint density at radius 3 is 3.04 bits per heavy atom. The van der Waals surface area contributed by atoms with E-state index in [1.54, 1.807) is 0 Å². The molecule has 24 heavy (non-hydrogen) atoms. The highest BCUT2D eigenvalue weighted by molar-refractivity contribution is 5.96. The highest BCUT2D eigenvalue weighted by Crippen LogP contribution is 2.35. The third-order valence-electron chi connectivity index (χ3n) is 5.10. The molecule has 1 aliphatic heterocycles. The summed E-state index contributed by atoms with van der Waals surface area (Å²) in [6, 6.07) is 2.20. The molecule has 0 fully saturated rings. The van der Waals surface area contributed by atoms with Gasteiger partial charge in [0, 0.05) is 29.6 Å². The molecular formula is C19H24N4O. The Balaban J connectivity index is 1.66. The predicted octanol–water partition coefficient (Wildman–Crippen LogP) is 2.91. The summed E-state index contributed by atoms with van der Waals surface area (Å²) in [5.74, 6) is 0.0206. The predicted molar refractivity (Wildman–Crippen MR) is 93.0 cm³/mol. The van der Waals surface area contributed by atoms with Gasteiger partial charge in [0.2, 0.25) is 0 Å². The lowest BCUT2D eigenvalue weighted by atomic mass is 9.89. The Hall–Kier alpha value is -2.17. The number of fused-ring (bicyclic) bond motifs is 5. The Labute approximate surface area is 142 Å². The van der Waals surface area contributed by atoms with Crippen LogP contribution in [0.4, 0.5) is 0 Å². The number of aryl methyl sites for hydroxylation is 2. The Bertz CT molecular complexity index is 778. The van der Waals surface area contributed by atoms with E-state index in [-0.39, 0.29) is 5.91 Å². The van der Waals surface area contributed by atoms with Crippen LogP contribution in [0.3, 0.4) is 0 Å². The molecule has 0 atom stereocenters. The third-order valence-corrected chi connectivity index (χ3v) is 5.10. The van der Waals surface area contributed by atoms with Crippen LogP contribution in [0.25, 0.3) is 11.3 Å². The topological polar surface area (TPSA) is 59.8 Å². The zero-order valence-electron chi connectivity index (χ0n) is 14.3. The average molecular weight is 324 g/mol.